The summed E-state index contributed by atoms with van der Waals surface area (Å²) in [5.41, 5.74) is 1.57. The van der Waals surface area contributed by atoms with Crippen LogP contribution in [0.3, 0.4) is 0 Å². The summed E-state index contributed by atoms with van der Waals surface area (Å²) in [7, 11) is 0. The molecule has 1 saturated heterocycles. The van der Waals surface area contributed by atoms with Gasteiger partial charge in [-0.15, -0.1) is 0 Å². The molecule has 0 aromatic carbocycles. The predicted molar refractivity (Wildman–Crippen MR) is 108 cm³/mol. The van der Waals surface area contributed by atoms with Crippen LogP contribution in [0.4, 0.5) is 5.82 Å². The van der Waals surface area contributed by atoms with Gasteiger partial charge < -0.3 is 14.8 Å². The fourth-order valence-electron chi connectivity index (χ4n) is 4.19. The first-order chi connectivity index (χ1) is 13.4. The van der Waals surface area contributed by atoms with Gasteiger partial charge in [0.05, 0.1) is 17.3 Å². The fraction of sp³-hybridized carbons (Fsp3) is 0.524. The summed E-state index contributed by atoms with van der Waals surface area (Å²) in [4.78, 5) is 41.1. The minimum absolute atomic E-state index is 0.0549. The summed E-state index contributed by atoms with van der Waals surface area (Å²) in [6.45, 7) is 9.58. The molecule has 7 heteroatoms. The number of fused-ring (bicyclic) bond motifs is 1. The van der Waals surface area contributed by atoms with Gasteiger partial charge >= 0.3 is 0 Å². The molecule has 7 nitrogen and oxygen atoms in total. The Morgan fingerprint density at radius 3 is 2.79 bits per heavy atom. The molecule has 1 amide bonds. The highest BCUT2D eigenvalue weighted by Gasteiger charge is 2.36. The lowest BCUT2D eigenvalue weighted by Gasteiger charge is -2.47. The molecule has 2 aromatic rings. The number of carbonyl (C=O) groups excluding carboxylic acids is 2. The molecule has 3 heterocycles. The van der Waals surface area contributed by atoms with Gasteiger partial charge in [0, 0.05) is 32.3 Å². The average Bonchev–Trinajstić information content (AvgIpc) is 3.06. The summed E-state index contributed by atoms with van der Waals surface area (Å²) in [5.74, 6) is 1.35. The van der Waals surface area contributed by atoms with Crippen molar-refractivity contribution in [3.8, 4) is 0 Å². The monoisotopic (exact) mass is 381 g/mol. The average molecular weight is 381 g/mol. The zero-order valence-electron chi connectivity index (χ0n) is 16.6. The third kappa shape index (κ3) is 3.30. The van der Waals surface area contributed by atoms with Gasteiger partial charge in [-0.25, -0.2) is 9.97 Å². The number of anilines is 1. The quantitative estimate of drug-likeness (QED) is 0.636. The van der Waals surface area contributed by atoms with Crippen LogP contribution in [-0.2, 0) is 4.79 Å². The Kier molecular flexibility index (Phi) is 4.69. The summed E-state index contributed by atoms with van der Waals surface area (Å²) < 4.78 is 0. The molecule has 4 rings (SSSR count). The molecule has 1 N–H and O–H groups in total. The Bertz CT molecular complexity index is 928. The summed E-state index contributed by atoms with van der Waals surface area (Å²) in [5, 5.41) is 0. The summed E-state index contributed by atoms with van der Waals surface area (Å²) in [6.07, 6.45) is 8.95. The van der Waals surface area contributed by atoms with E-state index < -0.39 is 0 Å². The standard InChI is InChI=1S/C21H27N5O2/c1-4-18(28)26-9-8-25(13-21(26,2)3)17-12-23-20-19(24-17)15(11-22-20)16(27)10-14-6-5-7-14/h4,11-12,14H,1,5-10,13H2,2-3H3,(H,22,23). The molecular weight excluding hydrogens is 354 g/mol. The number of nitrogens with zero attached hydrogens (tertiary/aromatic N) is 4. The fourth-order valence-corrected chi connectivity index (χ4v) is 4.19. The lowest BCUT2D eigenvalue weighted by atomic mass is 9.81. The van der Waals surface area contributed by atoms with Gasteiger partial charge in [0.2, 0.25) is 5.91 Å². The number of Topliss-reactive ketones (excluding diaryl/α,β-unsaturated/α-hetero) is 1. The molecule has 0 radical (unpaired) electrons. The van der Waals surface area contributed by atoms with Gasteiger partial charge in [-0.3, -0.25) is 9.59 Å². The smallest absolute Gasteiger partial charge is 0.246 e. The molecule has 1 aliphatic heterocycles. The molecule has 0 unspecified atom stereocenters. The lowest BCUT2D eigenvalue weighted by molar-refractivity contribution is -0.131. The number of amides is 1. The van der Waals surface area contributed by atoms with Crippen LogP contribution < -0.4 is 4.90 Å². The first-order valence-corrected chi connectivity index (χ1v) is 9.95. The second-order valence-corrected chi connectivity index (χ2v) is 8.48. The molecule has 0 atom stereocenters. The molecule has 2 aliphatic rings. The Morgan fingerprint density at radius 2 is 2.14 bits per heavy atom. The topological polar surface area (TPSA) is 82.2 Å². The number of ketones is 1. The van der Waals surface area contributed by atoms with Crippen molar-refractivity contribution in [1.82, 2.24) is 19.9 Å². The highest BCUT2D eigenvalue weighted by molar-refractivity contribution is 6.06. The van der Waals surface area contributed by atoms with Crippen molar-refractivity contribution in [2.75, 3.05) is 24.5 Å². The highest BCUT2D eigenvalue weighted by atomic mass is 16.2. The molecule has 1 aliphatic carbocycles. The Morgan fingerprint density at radius 1 is 1.36 bits per heavy atom. The van der Waals surface area contributed by atoms with E-state index in [1.165, 1.54) is 12.5 Å². The van der Waals surface area contributed by atoms with Crippen LogP contribution >= 0.6 is 0 Å². The Labute approximate surface area is 164 Å². The van der Waals surface area contributed by atoms with Crippen LogP contribution in [0.5, 0.6) is 0 Å². The van der Waals surface area contributed by atoms with E-state index in [4.69, 9.17) is 4.98 Å². The van der Waals surface area contributed by atoms with E-state index in [-0.39, 0.29) is 17.2 Å². The lowest BCUT2D eigenvalue weighted by Crippen LogP contribution is -2.61. The number of aromatic nitrogens is 3. The molecular formula is C21H27N5O2. The Balaban J connectivity index is 1.57. The molecule has 28 heavy (non-hydrogen) atoms. The van der Waals surface area contributed by atoms with Crippen LogP contribution in [0, 0.1) is 5.92 Å². The number of nitrogens with one attached hydrogen (secondary N) is 1. The summed E-state index contributed by atoms with van der Waals surface area (Å²) >= 11 is 0. The van der Waals surface area contributed by atoms with Crippen LogP contribution in [-0.4, -0.2) is 56.7 Å². The van der Waals surface area contributed by atoms with Crippen LogP contribution in [0.15, 0.2) is 25.0 Å². The number of hydrogen-bond donors (Lipinski definition) is 1. The minimum atomic E-state index is -0.346. The second-order valence-electron chi connectivity index (χ2n) is 8.48. The molecule has 0 spiro atoms. The van der Waals surface area contributed by atoms with Crippen molar-refractivity contribution in [2.24, 2.45) is 5.92 Å². The van der Waals surface area contributed by atoms with Crippen LogP contribution in [0.25, 0.3) is 11.2 Å². The Hall–Kier alpha value is -2.70. The van der Waals surface area contributed by atoms with Crippen molar-refractivity contribution in [3.05, 3.63) is 30.6 Å². The van der Waals surface area contributed by atoms with Crippen molar-refractivity contribution in [1.29, 1.82) is 0 Å². The first kappa shape index (κ1) is 18.7. The van der Waals surface area contributed by atoms with Crippen LogP contribution in [0.1, 0.15) is 49.9 Å². The number of aromatic amines is 1. The number of H-pyrrole nitrogens is 1. The zero-order chi connectivity index (χ0) is 19.9. The predicted octanol–water partition coefficient (Wildman–Crippen LogP) is 2.94. The maximum atomic E-state index is 12.7. The van der Waals surface area contributed by atoms with E-state index >= 15 is 0 Å². The van der Waals surface area contributed by atoms with E-state index in [9.17, 15) is 9.59 Å². The van der Waals surface area contributed by atoms with E-state index in [2.05, 4.69) is 21.4 Å². The molecule has 1 saturated carbocycles. The van der Waals surface area contributed by atoms with E-state index in [1.54, 1.807) is 12.4 Å². The van der Waals surface area contributed by atoms with E-state index in [0.717, 1.165) is 18.7 Å². The zero-order valence-corrected chi connectivity index (χ0v) is 16.6. The van der Waals surface area contributed by atoms with E-state index in [1.807, 2.05) is 18.7 Å². The van der Waals surface area contributed by atoms with Gasteiger partial charge in [-0.1, -0.05) is 25.8 Å². The minimum Gasteiger partial charge on any atom is -0.351 e. The highest BCUT2D eigenvalue weighted by Crippen LogP contribution is 2.32. The van der Waals surface area contributed by atoms with Crippen molar-refractivity contribution in [2.45, 2.75) is 45.1 Å². The van der Waals surface area contributed by atoms with Crippen molar-refractivity contribution >= 4 is 28.7 Å². The SMILES string of the molecule is C=CC(=O)N1CCN(c2cnc3[nH]cc(C(=O)CC4CCC4)c3n2)CC1(C)C. The number of piperazine rings is 1. The molecule has 2 aromatic heterocycles. The van der Waals surface area contributed by atoms with Gasteiger partial charge in [-0.2, -0.15) is 0 Å². The summed E-state index contributed by atoms with van der Waals surface area (Å²) in [6, 6.07) is 0. The number of carbonyl (C=O) groups is 2. The van der Waals surface area contributed by atoms with Gasteiger partial charge in [0.1, 0.15) is 11.3 Å². The third-order valence-electron chi connectivity index (χ3n) is 6.03. The maximum Gasteiger partial charge on any atom is 0.246 e. The second kappa shape index (κ2) is 7.04. The van der Waals surface area contributed by atoms with Gasteiger partial charge in [0.15, 0.2) is 11.4 Å². The van der Waals surface area contributed by atoms with Crippen molar-refractivity contribution < 1.29 is 9.59 Å². The molecule has 148 valence electrons. The van der Waals surface area contributed by atoms with Gasteiger partial charge in [0.25, 0.3) is 0 Å². The largest absolute Gasteiger partial charge is 0.351 e. The van der Waals surface area contributed by atoms with E-state index in [0.29, 0.717) is 48.7 Å². The van der Waals surface area contributed by atoms with Gasteiger partial charge in [-0.05, 0) is 25.8 Å². The first-order valence-electron chi connectivity index (χ1n) is 9.95. The number of hydrogen-bond acceptors (Lipinski definition) is 5. The van der Waals surface area contributed by atoms with Crippen LogP contribution in [0.2, 0.25) is 0 Å². The molecule has 2 fully saturated rings. The van der Waals surface area contributed by atoms with Crippen molar-refractivity contribution in [3.63, 3.8) is 0 Å². The maximum absolute atomic E-state index is 12.7. The molecule has 0 bridgehead atoms. The normalized spacial score (nSPS) is 19.5. The number of rotatable bonds is 5. The third-order valence-corrected chi connectivity index (χ3v) is 6.03.